The minimum atomic E-state index is -0.269. The van der Waals surface area contributed by atoms with Crippen LogP contribution in [0.2, 0.25) is 0 Å². The molecule has 0 saturated carbocycles. The van der Waals surface area contributed by atoms with Crippen LogP contribution >= 0.6 is 0 Å². The Morgan fingerprint density at radius 2 is 2.18 bits per heavy atom. The standard InChI is InChI=1S/C8H9FN2/c1-5-4-6(8(10)11)2-3-7(5)9/h2-4H,1H3,(H3,10,11). The Bertz CT molecular complexity index is 294. The third-order valence-electron chi connectivity index (χ3n) is 1.47. The van der Waals surface area contributed by atoms with E-state index in [-0.39, 0.29) is 11.7 Å². The molecule has 0 amide bonds. The van der Waals surface area contributed by atoms with E-state index in [0.717, 1.165) is 0 Å². The van der Waals surface area contributed by atoms with Crippen LogP contribution in [0.1, 0.15) is 11.1 Å². The summed E-state index contributed by atoms with van der Waals surface area (Å²) >= 11 is 0. The summed E-state index contributed by atoms with van der Waals surface area (Å²) in [4.78, 5) is 0. The summed E-state index contributed by atoms with van der Waals surface area (Å²) < 4.78 is 12.7. The van der Waals surface area contributed by atoms with Gasteiger partial charge in [-0.3, -0.25) is 5.41 Å². The summed E-state index contributed by atoms with van der Waals surface area (Å²) in [5.41, 5.74) is 6.26. The van der Waals surface area contributed by atoms with Crippen molar-refractivity contribution in [3.8, 4) is 0 Å². The van der Waals surface area contributed by atoms with Gasteiger partial charge in [0.25, 0.3) is 0 Å². The number of benzene rings is 1. The normalized spacial score (nSPS) is 9.64. The molecular weight excluding hydrogens is 143 g/mol. The number of nitrogens with two attached hydrogens (primary N) is 1. The van der Waals surface area contributed by atoms with Gasteiger partial charge in [0.2, 0.25) is 0 Å². The van der Waals surface area contributed by atoms with Gasteiger partial charge in [0.1, 0.15) is 11.7 Å². The van der Waals surface area contributed by atoms with E-state index >= 15 is 0 Å². The van der Waals surface area contributed by atoms with E-state index in [2.05, 4.69) is 0 Å². The van der Waals surface area contributed by atoms with Gasteiger partial charge < -0.3 is 5.73 Å². The highest BCUT2D eigenvalue weighted by Crippen LogP contribution is 2.07. The second-order valence-corrected chi connectivity index (χ2v) is 2.38. The van der Waals surface area contributed by atoms with Gasteiger partial charge in [0.05, 0.1) is 0 Å². The van der Waals surface area contributed by atoms with Crippen molar-refractivity contribution in [2.75, 3.05) is 0 Å². The van der Waals surface area contributed by atoms with Crippen LogP contribution in [0.3, 0.4) is 0 Å². The zero-order chi connectivity index (χ0) is 8.43. The highest BCUT2D eigenvalue weighted by molar-refractivity contribution is 5.95. The number of hydrogen-bond acceptors (Lipinski definition) is 1. The van der Waals surface area contributed by atoms with Crippen LogP contribution in [0.4, 0.5) is 4.39 Å². The Kier molecular flexibility index (Phi) is 1.89. The van der Waals surface area contributed by atoms with Gasteiger partial charge in [-0.05, 0) is 30.7 Å². The number of aryl methyl sites for hydroxylation is 1. The maximum absolute atomic E-state index is 12.7. The van der Waals surface area contributed by atoms with E-state index in [9.17, 15) is 4.39 Å². The monoisotopic (exact) mass is 152 g/mol. The summed E-state index contributed by atoms with van der Waals surface area (Å²) in [5.74, 6) is -0.303. The smallest absolute Gasteiger partial charge is 0.126 e. The van der Waals surface area contributed by atoms with E-state index in [1.807, 2.05) is 0 Å². The molecule has 58 valence electrons. The number of halogens is 1. The Balaban J connectivity index is 3.15. The van der Waals surface area contributed by atoms with Crippen LogP contribution in [-0.2, 0) is 0 Å². The van der Waals surface area contributed by atoms with E-state index < -0.39 is 0 Å². The molecule has 0 saturated heterocycles. The molecule has 2 nitrogen and oxygen atoms in total. The lowest BCUT2D eigenvalue weighted by molar-refractivity contribution is 0.618. The predicted molar refractivity (Wildman–Crippen MR) is 42.2 cm³/mol. The topological polar surface area (TPSA) is 49.9 Å². The van der Waals surface area contributed by atoms with Gasteiger partial charge in [-0.25, -0.2) is 4.39 Å². The zero-order valence-electron chi connectivity index (χ0n) is 6.19. The van der Waals surface area contributed by atoms with Gasteiger partial charge in [-0.2, -0.15) is 0 Å². The van der Waals surface area contributed by atoms with Gasteiger partial charge in [-0.15, -0.1) is 0 Å². The highest BCUT2D eigenvalue weighted by atomic mass is 19.1. The maximum Gasteiger partial charge on any atom is 0.126 e. The molecule has 0 unspecified atom stereocenters. The molecule has 1 rings (SSSR count). The van der Waals surface area contributed by atoms with Crippen molar-refractivity contribution in [1.29, 1.82) is 5.41 Å². The molecule has 0 aliphatic rings. The minimum absolute atomic E-state index is 0.0342. The molecule has 0 aliphatic heterocycles. The summed E-state index contributed by atoms with van der Waals surface area (Å²) in [6.07, 6.45) is 0. The summed E-state index contributed by atoms with van der Waals surface area (Å²) in [6, 6.07) is 4.36. The fourth-order valence-corrected chi connectivity index (χ4v) is 0.812. The van der Waals surface area contributed by atoms with E-state index in [1.54, 1.807) is 13.0 Å². The van der Waals surface area contributed by atoms with E-state index in [0.29, 0.717) is 11.1 Å². The molecule has 1 aromatic rings. The Morgan fingerprint density at radius 1 is 1.55 bits per heavy atom. The molecule has 11 heavy (non-hydrogen) atoms. The molecular formula is C8H9FN2. The molecule has 1 aromatic carbocycles. The van der Waals surface area contributed by atoms with Crippen LogP contribution in [0, 0.1) is 18.2 Å². The van der Waals surface area contributed by atoms with Crippen molar-refractivity contribution in [2.45, 2.75) is 6.92 Å². The van der Waals surface area contributed by atoms with Crippen LogP contribution in [-0.4, -0.2) is 5.84 Å². The van der Waals surface area contributed by atoms with Gasteiger partial charge >= 0.3 is 0 Å². The van der Waals surface area contributed by atoms with Gasteiger partial charge in [0.15, 0.2) is 0 Å². The quantitative estimate of drug-likeness (QED) is 0.464. The lowest BCUT2D eigenvalue weighted by Gasteiger charge is -1.99. The number of amidine groups is 1. The molecule has 0 atom stereocenters. The third-order valence-corrected chi connectivity index (χ3v) is 1.47. The summed E-state index contributed by atoms with van der Waals surface area (Å²) in [5, 5.41) is 7.06. The molecule has 0 bridgehead atoms. The maximum atomic E-state index is 12.7. The second-order valence-electron chi connectivity index (χ2n) is 2.38. The molecule has 3 N–H and O–H groups in total. The fraction of sp³-hybridized carbons (Fsp3) is 0.125. The van der Waals surface area contributed by atoms with Crippen molar-refractivity contribution in [1.82, 2.24) is 0 Å². The minimum Gasteiger partial charge on any atom is -0.384 e. The van der Waals surface area contributed by atoms with Crippen molar-refractivity contribution < 1.29 is 4.39 Å². The molecule has 0 fully saturated rings. The Labute approximate surface area is 64.4 Å². The van der Waals surface area contributed by atoms with Crippen molar-refractivity contribution in [3.05, 3.63) is 35.1 Å². The molecule has 0 spiro atoms. The fourth-order valence-electron chi connectivity index (χ4n) is 0.812. The van der Waals surface area contributed by atoms with Crippen LogP contribution in [0.5, 0.6) is 0 Å². The van der Waals surface area contributed by atoms with E-state index in [4.69, 9.17) is 11.1 Å². The Hall–Kier alpha value is -1.38. The van der Waals surface area contributed by atoms with Crippen molar-refractivity contribution >= 4 is 5.84 Å². The lowest BCUT2D eigenvalue weighted by Crippen LogP contribution is -2.11. The molecule has 3 heteroatoms. The van der Waals surface area contributed by atoms with Crippen molar-refractivity contribution in [3.63, 3.8) is 0 Å². The zero-order valence-corrected chi connectivity index (χ0v) is 6.19. The highest BCUT2D eigenvalue weighted by Gasteiger charge is 1.99. The molecule has 0 radical (unpaired) electrons. The van der Waals surface area contributed by atoms with Gasteiger partial charge in [0, 0.05) is 5.56 Å². The molecule has 0 aliphatic carbocycles. The summed E-state index contributed by atoms with van der Waals surface area (Å²) in [7, 11) is 0. The Morgan fingerprint density at radius 3 is 2.64 bits per heavy atom. The SMILES string of the molecule is Cc1cc(C(=N)N)ccc1F. The number of rotatable bonds is 1. The van der Waals surface area contributed by atoms with Crippen molar-refractivity contribution in [2.24, 2.45) is 5.73 Å². The van der Waals surface area contributed by atoms with Crippen LogP contribution in [0.25, 0.3) is 0 Å². The first kappa shape index (κ1) is 7.72. The predicted octanol–water partition coefficient (Wildman–Crippen LogP) is 1.42. The molecule has 0 aromatic heterocycles. The largest absolute Gasteiger partial charge is 0.384 e. The second kappa shape index (κ2) is 2.70. The number of nitrogens with one attached hydrogen (secondary N) is 1. The van der Waals surface area contributed by atoms with Gasteiger partial charge in [-0.1, -0.05) is 0 Å². The first-order valence-electron chi connectivity index (χ1n) is 3.22. The average Bonchev–Trinajstić information content (AvgIpc) is 1.94. The average molecular weight is 152 g/mol. The first-order chi connectivity index (χ1) is 5.11. The first-order valence-corrected chi connectivity index (χ1v) is 3.22. The number of hydrogen-bond donors (Lipinski definition) is 2. The van der Waals surface area contributed by atoms with E-state index in [1.165, 1.54) is 12.1 Å². The van der Waals surface area contributed by atoms with Crippen LogP contribution < -0.4 is 5.73 Å². The van der Waals surface area contributed by atoms with Crippen LogP contribution in [0.15, 0.2) is 18.2 Å². The summed E-state index contributed by atoms with van der Waals surface area (Å²) in [6.45, 7) is 1.64. The number of nitrogen functional groups attached to an aromatic ring is 1. The third kappa shape index (κ3) is 1.55. The lowest BCUT2D eigenvalue weighted by atomic mass is 10.1. The molecule has 0 heterocycles.